The van der Waals surface area contributed by atoms with Crippen molar-refractivity contribution < 1.29 is 20.1 Å². The number of carboxylic acid groups (broad SMARTS) is 1. The summed E-state index contributed by atoms with van der Waals surface area (Å²) in [5.41, 5.74) is -0.175. The molecule has 2 unspecified atom stereocenters. The average molecular weight is 298 g/mol. The smallest absolute Gasteiger partial charge is 0.303 e. The molecule has 0 aromatic rings. The lowest BCUT2D eigenvalue weighted by molar-refractivity contribution is -0.139. The minimum atomic E-state index is -0.872. The Morgan fingerprint density at radius 3 is 2.62 bits per heavy atom. The third-order valence-electron chi connectivity index (χ3n) is 4.77. The summed E-state index contributed by atoms with van der Waals surface area (Å²) in [5, 5.41) is 29.2. The van der Waals surface area contributed by atoms with Crippen LogP contribution in [0.3, 0.4) is 0 Å². The van der Waals surface area contributed by atoms with Crippen LogP contribution in [-0.4, -0.2) is 33.5 Å². The van der Waals surface area contributed by atoms with Crippen molar-refractivity contribution in [2.75, 3.05) is 0 Å². The molecule has 4 atom stereocenters. The van der Waals surface area contributed by atoms with Crippen LogP contribution in [-0.2, 0) is 4.79 Å². The molecule has 4 nitrogen and oxygen atoms in total. The van der Waals surface area contributed by atoms with E-state index in [2.05, 4.69) is 20.8 Å². The van der Waals surface area contributed by atoms with E-state index in [9.17, 15) is 15.0 Å². The molecule has 1 aliphatic carbocycles. The van der Waals surface area contributed by atoms with E-state index in [4.69, 9.17) is 5.11 Å². The topological polar surface area (TPSA) is 77.8 Å². The average Bonchev–Trinajstić information content (AvgIpc) is 2.74. The summed E-state index contributed by atoms with van der Waals surface area (Å²) in [5.74, 6) is -1.05. The van der Waals surface area contributed by atoms with E-state index in [1.54, 1.807) is 6.08 Å². The zero-order valence-corrected chi connectivity index (χ0v) is 13.5. The van der Waals surface area contributed by atoms with Crippen molar-refractivity contribution in [2.24, 2.45) is 17.3 Å². The van der Waals surface area contributed by atoms with Gasteiger partial charge in [0.1, 0.15) is 0 Å². The van der Waals surface area contributed by atoms with Crippen LogP contribution in [0.25, 0.3) is 0 Å². The van der Waals surface area contributed by atoms with E-state index in [-0.39, 0.29) is 23.7 Å². The lowest BCUT2D eigenvalue weighted by atomic mass is 9.80. The SMILES string of the molecule is CCCCC(C)(C)C(O)C=CC1CC[C@H](O)[C@@H]1CC(=O)O. The molecule has 0 aliphatic heterocycles. The van der Waals surface area contributed by atoms with Crippen molar-refractivity contribution in [3.05, 3.63) is 12.2 Å². The number of carboxylic acids is 1. The molecular weight excluding hydrogens is 268 g/mol. The van der Waals surface area contributed by atoms with Gasteiger partial charge in [0.2, 0.25) is 0 Å². The molecule has 0 bridgehead atoms. The molecule has 1 rings (SSSR count). The third-order valence-corrected chi connectivity index (χ3v) is 4.77. The molecule has 0 amide bonds. The van der Waals surface area contributed by atoms with Gasteiger partial charge in [-0.15, -0.1) is 0 Å². The van der Waals surface area contributed by atoms with E-state index in [1.807, 2.05) is 6.08 Å². The van der Waals surface area contributed by atoms with Gasteiger partial charge in [0.25, 0.3) is 0 Å². The monoisotopic (exact) mass is 298 g/mol. The lowest BCUT2D eigenvalue weighted by Gasteiger charge is -2.29. The molecule has 0 aromatic heterocycles. The van der Waals surface area contributed by atoms with E-state index in [0.29, 0.717) is 6.42 Å². The largest absolute Gasteiger partial charge is 0.481 e. The first-order valence-electron chi connectivity index (χ1n) is 8.04. The van der Waals surface area contributed by atoms with Crippen LogP contribution in [0.1, 0.15) is 59.3 Å². The Bertz CT molecular complexity index is 362. The summed E-state index contributed by atoms with van der Waals surface area (Å²) in [7, 11) is 0. The number of aliphatic hydroxyl groups excluding tert-OH is 2. The molecule has 122 valence electrons. The predicted octanol–water partition coefficient (Wildman–Crippen LogP) is 2.98. The van der Waals surface area contributed by atoms with E-state index in [0.717, 1.165) is 25.7 Å². The highest BCUT2D eigenvalue weighted by atomic mass is 16.4. The van der Waals surface area contributed by atoms with Gasteiger partial charge in [-0.2, -0.15) is 0 Å². The van der Waals surface area contributed by atoms with Gasteiger partial charge in [0, 0.05) is 5.92 Å². The van der Waals surface area contributed by atoms with Gasteiger partial charge in [0.15, 0.2) is 0 Å². The first kappa shape index (κ1) is 18.2. The van der Waals surface area contributed by atoms with Crippen LogP contribution in [0.4, 0.5) is 0 Å². The Kier molecular flexibility index (Phi) is 6.88. The zero-order valence-electron chi connectivity index (χ0n) is 13.5. The molecule has 4 heteroatoms. The number of rotatable bonds is 8. The lowest BCUT2D eigenvalue weighted by Crippen LogP contribution is -2.28. The molecule has 0 heterocycles. The van der Waals surface area contributed by atoms with Gasteiger partial charge in [-0.05, 0) is 30.6 Å². The molecule has 21 heavy (non-hydrogen) atoms. The number of hydrogen-bond donors (Lipinski definition) is 3. The maximum atomic E-state index is 10.9. The second-order valence-electron chi connectivity index (χ2n) is 6.99. The van der Waals surface area contributed by atoms with Gasteiger partial charge < -0.3 is 15.3 Å². The normalized spacial score (nSPS) is 28.1. The molecule has 0 aromatic carbocycles. The van der Waals surface area contributed by atoms with Crippen molar-refractivity contribution in [1.29, 1.82) is 0 Å². The Morgan fingerprint density at radius 2 is 2.05 bits per heavy atom. The zero-order chi connectivity index (χ0) is 16.0. The maximum absolute atomic E-state index is 10.9. The van der Waals surface area contributed by atoms with Crippen molar-refractivity contribution >= 4 is 5.97 Å². The number of unbranched alkanes of at least 4 members (excludes halogenated alkanes) is 1. The van der Waals surface area contributed by atoms with Crippen LogP contribution < -0.4 is 0 Å². The number of aliphatic carboxylic acids is 1. The fourth-order valence-electron chi connectivity index (χ4n) is 3.09. The van der Waals surface area contributed by atoms with E-state index < -0.39 is 18.2 Å². The summed E-state index contributed by atoms with van der Waals surface area (Å²) in [6.45, 7) is 6.24. The highest BCUT2D eigenvalue weighted by molar-refractivity contribution is 5.67. The Balaban J connectivity index is 2.63. The minimum Gasteiger partial charge on any atom is -0.481 e. The van der Waals surface area contributed by atoms with Crippen LogP contribution in [0, 0.1) is 17.3 Å². The molecule has 1 aliphatic rings. The summed E-state index contributed by atoms with van der Waals surface area (Å²) >= 11 is 0. The van der Waals surface area contributed by atoms with Gasteiger partial charge >= 0.3 is 5.97 Å². The summed E-state index contributed by atoms with van der Waals surface area (Å²) in [4.78, 5) is 10.9. The van der Waals surface area contributed by atoms with Crippen LogP contribution in [0.5, 0.6) is 0 Å². The van der Waals surface area contributed by atoms with Crippen molar-refractivity contribution in [3.63, 3.8) is 0 Å². The highest BCUT2D eigenvalue weighted by Gasteiger charge is 2.35. The summed E-state index contributed by atoms with van der Waals surface area (Å²) in [6, 6.07) is 0. The Hall–Kier alpha value is -0.870. The molecule has 0 radical (unpaired) electrons. The minimum absolute atomic E-state index is 0.00844. The van der Waals surface area contributed by atoms with Crippen LogP contribution >= 0.6 is 0 Å². The molecule has 1 fully saturated rings. The highest BCUT2D eigenvalue weighted by Crippen LogP contribution is 2.36. The second kappa shape index (κ2) is 7.95. The van der Waals surface area contributed by atoms with E-state index >= 15 is 0 Å². The number of carbonyl (C=O) groups is 1. The van der Waals surface area contributed by atoms with Crippen LogP contribution in [0.2, 0.25) is 0 Å². The first-order chi connectivity index (χ1) is 9.77. The molecule has 0 spiro atoms. The van der Waals surface area contributed by atoms with Gasteiger partial charge in [-0.25, -0.2) is 0 Å². The van der Waals surface area contributed by atoms with Crippen molar-refractivity contribution in [3.8, 4) is 0 Å². The molecule has 0 saturated heterocycles. The van der Waals surface area contributed by atoms with Gasteiger partial charge in [0.05, 0.1) is 18.6 Å². The molecular formula is C17H30O4. The second-order valence-corrected chi connectivity index (χ2v) is 6.99. The number of aliphatic hydroxyl groups is 2. The summed E-state index contributed by atoms with van der Waals surface area (Å²) in [6.07, 6.45) is 7.21. The predicted molar refractivity (Wildman–Crippen MR) is 82.9 cm³/mol. The summed E-state index contributed by atoms with van der Waals surface area (Å²) < 4.78 is 0. The number of hydrogen-bond acceptors (Lipinski definition) is 3. The maximum Gasteiger partial charge on any atom is 0.303 e. The first-order valence-corrected chi connectivity index (χ1v) is 8.04. The van der Waals surface area contributed by atoms with Gasteiger partial charge in [-0.3, -0.25) is 4.79 Å². The van der Waals surface area contributed by atoms with Crippen molar-refractivity contribution in [1.82, 2.24) is 0 Å². The third kappa shape index (κ3) is 5.44. The number of allylic oxidation sites excluding steroid dienone is 1. The van der Waals surface area contributed by atoms with E-state index in [1.165, 1.54) is 0 Å². The quantitative estimate of drug-likeness (QED) is 0.602. The molecule has 1 saturated carbocycles. The van der Waals surface area contributed by atoms with Gasteiger partial charge in [-0.1, -0.05) is 45.8 Å². The Labute approximate surface area is 127 Å². The van der Waals surface area contributed by atoms with Crippen molar-refractivity contribution in [2.45, 2.75) is 71.5 Å². The van der Waals surface area contributed by atoms with Crippen LogP contribution in [0.15, 0.2) is 12.2 Å². The fraction of sp³-hybridized carbons (Fsp3) is 0.824. The Morgan fingerprint density at radius 1 is 1.38 bits per heavy atom. The standard InChI is InChI=1S/C17H30O4/c1-4-5-10-17(2,3)15(19)9-7-12-6-8-14(18)13(12)11-16(20)21/h7,9,12-15,18-19H,4-6,8,10-11H2,1-3H3,(H,20,21)/t12?,13-,14+,15?/m1/s1. The molecule has 3 N–H and O–H groups in total. The fourth-order valence-corrected chi connectivity index (χ4v) is 3.09.